The third-order valence-corrected chi connectivity index (χ3v) is 3.32. The highest BCUT2D eigenvalue weighted by atomic mass is 32.1. The van der Waals surface area contributed by atoms with E-state index in [4.69, 9.17) is 5.26 Å². The van der Waals surface area contributed by atoms with Crippen LogP contribution < -0.4 is 0 Å². The van der Waals surface area contributed by atoms with Gasteiger partial charge in [-0.15, -0.1) is 0 Å². The van der Waals surface area contributed by atoms with Crippen molar-refractivity contribution in [3.05, 3.63) is 36.0 Å². The van der Waals surface area contributed by atoms with Gasteiger partial charge >= 0.3 is 0 Å². The van der Waals surface area contributed by atoms with Crippen LogP contribution in [0.4, 0.5) is 0 Å². The maximum Gasteiger partial charge on any atom is 0.103 e. The molecule has 0 saturated carbocycles. The number of nitriles is 1. The smallest absolute Gasteiger partial charge is 0.103 e. The molecular weight excluding hydrogens is 204 g/mol. The fourth-order valence-electron chi connectivity index (χ4n) is 1.55. The van der Waals surface area contributed by atoms with Crippen molar-refractivity contribution in [3.63, 3.8) is 0 Å². The Morgan fingerprint density at radius 2 is 2.20 bits per heavy atom. The molecule has 0 saturated heterocycles. The van der Waals surface area contributed by atoms with Crippen molar-refractivity contribution in [2.45, 2.75) is 12.3 Å². The molecular formula is C12H12N2S. The van der Waals surface area contributed by atoms with Crippen molar-refractivity contribution in [1.82, 2.24) is 4.98 Å². The Bertz CT molecular complexity index is 491. The molecule has 1 heterocycles. The molecule has 0 aliphatic rings. The van der Waals surface area contributed by atoms with Crippen molar-refractivity contribution in [3.8, 4) is 6.07 Å². The van der Waals surface area contributed by atoms with Crippen LogP contribution in [0.5, 0.6) is 0 Å². The molecule has 1 aromatic carbocycles. The molecule has 0 aliphatic carbocycles. The summed E-state index contributed by atoms with van der Waals surface area (Å²) >= 11 is 4.23. The number of hydrogen-bond acceptors (Lipinski definition) is 2. The number of benzene rings is 1. The molecule has 0 radical (unpaired) electrons. The van der Waals surface area contributed by atoms with E-state index in [2.05, 4.69) is 23.7 Å². The second-order valence-electron chi connectivity index (χ2n) is 3.87. The fourth-order valence-corrected chi connectivity index (χ4v) is 1.79. The second kappa shape index (κ2) is 3.63. The van der Waals surface area contributed by atoms with E-state index in [1.165, 1.54) is 0 Å². The average molecular weight is 216 g/mol. The normalized spacial score (nSPS) is 14.7. The minimum absolute atomic E-state index is 0.510. The van der Waals surface area contributed by atoms with Crippen molar-refractivity contribution < 1.29 is 0 Å². The third kappa shape index (κ3) is 1.62. The van der Waals surface area contributed by atoms with Gasteiger partial charge in [0.05, 0.1) is 6.07 Å². The summed E-state index contributed by atoms with van der Waals surface area (Å²) in [5.41, 5.74) is 1.46. The van der Waals surface area contributed by atoms with Gasteiger partial charge in [0.25, 0.3) is 0 Å². The molecule has 2 nitrogen and oxygen atoms in total. The van der Waals surface area contributed by atoms with E-state index in [1.54, 1.807) is 0 Å². The van der Waals surface area contributed by atoms with Gasteiger partial charge in [0.15, 0.2) is 0 Å². The fraction of sp³-hybridized carbons (Fsp3) is 0.250. The Balaban J connectivity index is 2.59. The van der Waals surface area contributed by atoms with Gasteiger partial charge < -0.3 is 4.98 Å². The number of thiol groups is 1. The van der Waals surface area contributed by atoms with Crippen LogP contribution in [0.15, 0.2) is 30.3 Å². The first-order chi connectivity index (χ1) is 7.19. The molecule has 2 aromatic rings. The number of aromatic amines is 1. The van der Waals surface area contributed by atoms with Gasteiger partial charge in [-0.25, -0.2) is 0 Å². The molecule has 0 amide bonds. The average Bonchev–Trinajstić information content (AvgIpc) is 2.72. The summed E-state index contributed by atoms with van der Waals surface area (Å²) in [6.07, 6.45) is 0. The van der Waals surface area contributed by atoms with E-state index in [-0.39, 0.29) is 0 Å². The number of rotatable bonds is 2. The zero-order valence-corrected chi connectivity index (χ0v) is 9.38. The molecule has 2 rings (SSSR count). The molecule has 0 aliphatic heterocycles. The zero-order valence-electron chi connectivity index (χ0n) is 8.49. The van der Waals surface area contributed by atoms with Gasteiger partial charge in [-0.1, -0.05) is 18.2 Å². The highest BCUT2D eigenvalue weighted by Crippen LogP contribution is 2.27. The minimum atomic E-state index is -0.540. The first kappa shape index (κ1) is 10.1. The highest BCUT2D eigenvalue weighted by Gasteiger charge is 2.26. The van der Waals surface area contributed by atoms with Gasteiger partial charge in [-0.05, 0) is 24.4 Å². The summed E-state index contributed by atoms with van der Waals surface area (Å²) in [5.74, 6) is 0.510. The quantitative estimate of drug-likeness (QED) is 0.744. The highest BCUT2D eigenvalue weighted by molar-refractivity contribution is 7.80. The molecule has 0 fully saturated rings. The Kier molecular flexibility index (Phi) is 2.45. The first-order valence-electron chi connectivity index (χ1n) is 4.80. The summed E-state index contributed by atoms with van der Waals surface area (Å²) in [7, 11) is 0. The summed E-state index contributed by atoms with van der Waals surface area (Å²) in [5, 5.41) is 10.3. The standard InChI is InChI=1S/C12H12N2S/c1-12(7-13,8-15)11-6-9-4-2-3-5-10(9)14-11/h2-6,14-15H,8H2,1H3. The largest absolute Gasteiger partial charge is 0.357 e. The van der Waals surface area contributed by atoms with Crippen LogP contribution in [0, 0.1) is 11.3 Å². The number of aromatic nitrogens is 1. The van der Waals surface area contributed by atoms with Crippen LogP contribution >= 0.6 is 12.6 Å². The Morgan fingerprint density at radius 3 is 2.80 bits per heavy atom. The topological polar surface area (TPSA) is 39.6 Å². The Labute approximate surface area is 94.3 Å². The second-order valence-corrected chi connectivity index (χ2v) is 4.19. The van der Waals surface area contributed by atoms with Crippen LogP contribution in [-0.2, 0) is 5.41 Å². The monoisotopic (exact) mass is 216 g/mol. The third-order valence-electron chi connectivity index (χ3n) is 2.69. The lowest BCUT2D eigenvalue weighted by Crippen LogP contribution is -2.21. The predicted molar refractivity (Wildman–Crippen MR) is 65.1 cm³/mol. The van der Waals surface area contributed by atoms with Crippen molar-refractivity contribution in [2.24, 2.45) is 0 Å². The molecule has 3 heteroatoms. The number of hydrogen-bond donors (Lipinski definition) is 2. The summed E-state index contributed by atoms with van der Waals surface area (Å²) in [6, 6.07) is 12.3. The number of H-pyrrole nitrogens is 1. The SMILES string of the molecule is CC(C#N)(CS)c1cc2ccccc2[nH]1. The maximum atomic E-state index is 9.14. The summed E-state index contributed by atoms with van der Waals surface area (Å²) in [6.45, 7) is 1.89. The zero-order chi connectivity index (χ0) is 10.9. The van der Waals surface area contributed by atoms with E-state index >= 15 is 0 Å². The number of fused-ring (bicyclic) bond motifs is 1. The van der Waals surface area contributed by atoms with Crippen molar-refractivity contribution in [2.75, 3.05) is 5.75 Å². The number of para-hydroxylation sites is 1. The Hall–Kier alpha value is -1.40. The summed E-state index contributed by atoms with van der Waals surface area (Å²) < 4.78 is 0. The molecule has 1 N–H and O–H groups in total. The lowest BCUT2D eigenvalue weighted by Gasteiger charge is -2.16. The maximum absolute atomic E-state index is 9.14. The molecule has 1 aromatic heterocycles. The molecule has 15 heavy (non-hydrogen) atoms. The lowest BCUT2D eigenvalue weighted by atomic mass is 9.91. The predicted octanol–water partition coefficient (Wildman–Crippen LogP) is 2.88. The van der Waals surface area contributed by atoms with Crippen LogP contribution in [0.1, 0.15) is 12.6 Å². The van der Waals surface area contributed by atoms with Crippen LogP contribution in [0.25, 0.3) is 10.9 Å². The number of nitrogens with zero attached hydrogens (tertiary/aromatic N) is 1. The summed E-state index contributed by atoms with van der Waals surface area (Å²) in [4.78, 5) is 3.27. The number of nitrogens with one attached hydrogen (secondary N) is 1. The van der Waals surface area contributed by atoms with Gasteiger partial charge in [-0.3, -0.25) is 0 Å². The van der Waals surface area contributed by atoms with Gasteiger partial charge in [0, 0.05) is 17.0 Å². The Morgan fingerprint density at radius 1 is 1.47 bits per heavy atom. The molecule has 1 unspecified atom stereocenters. The molecule has 76 valence electrons. The lowest BCUT2D eigenvalue weighted by molar-refractivity contribution is 0.681. The van der Waals surface area contributed by atoms with Crippen LogP contribution in [0.2, 0.25) is 0 Å². The van der Waals surface area contributed by atoms with Crippen LogP contribution in [0.3, 0.4) is 0 Å². The van der Waals surface area contributed by atoms with Crippen LogP contribution in [-0.4, -0.2) is 10.7 Å². The van der Waals surface area contributed by atoms with E-state index in [0.29, 0.717) is 5.75 Å². The van der Waals surface area contributed by atoms with Crippen molar-refractivity contribution >= 4 is 23.5 Å². The van der Waals surface area contributed by atoms with E-state index in [0.717, 1.165) is 16.6 Å². The first-order valence-corrected chi connectivity index (χ1v) is 5.43. The van der Waals surface area contributed by atoms with E-state index in [9.17, 15) is 0 Å². The van der Waals surface area contributed by atoms with Gasteiger partial charge in [0.1, 0.15) is 5.41 Å². The molecule has 0 spiro atoms. The molecule has 1 atom stereocenters. The van der Waals surface area contributed by atoms with Gasteiger partial charge in [0.2, 0.25) is 0 Å². The van der Waals surface area contributed by atoms with E-state index in [1.807, 2.05) is 37.3 Å². The van der Waals surface area contributed by atoms with Gasteiger partial charge in [-0.2, -0.15) is 17.9 Å². The van der Waals surface area contributed by atoms with E-state index < -0.39 is 5.41 Å². The molecule has 0 bridgehead atoms. The minimum Gasteiger partial charge on any atom is -0.357 e. The van der Waals surface area contributed by atoms with Crippen molar-refractivity contribution in [1.29, 1.82) is 5.26 Å².